The molecule has 2 heterocycles. The molecule has 1 saturated heterocycles. The van der Waals surface area contributed by atoms with Crippen molar-refractivity contribution in [1.29, 1.82) is 0 Å². The zero-order valence-electron chi connectivity index (χ0n) is 9.40. The second-order valence-corrected chi connectivity index (χ2v) is 4.60. The van der Waals surface area contributed by atoms with Crippen LogP contribution < -0.4 is 0 Å². The number of rotatable bonds is 2. The van der Waals surface area contributed by atoms with E-state index in [1.165, 1.54) is 0 Å². The van der Waals surface area contributed by atoms with Crippen LogP contribution in [0.25, 0.3) is 0 Å². The van der Waals surface area contributed by atoms with Gasteiger partial charge in [0.1, 0.15) is 0 Å². The van der Waals surface area contributed by atoms with Gasteiger partial charge in [-0.1, -0.05) is 0 Å². The lowest BCUT2D eigenvalue weighted by Gasteiger charge is -2.30. The molecule has 0 aromatic carbocycles. The van der Waals surface area contributed by atoms with Gasteiger partial charge in [-0.2, -0.15) is 5.10 Å². The summed E-state index contributed by atoms with van der Waals surface area (Å²) in [5.41, 5.74) is 0.673. The van der Waals surface area contributed by atoms with Crippen molar-refractivity contribution in [1.82, 2.24) is 14.7 Å². The van der Waals surface area contributed by atoms with Crippen LogP contribution >= 0.6 is 11.6 Å². The number of alkyl halides is 1. The summed E-state index contributed by atoms with van der Waals surface area (Å²) in [6.07, 6.45) is 5.40. The van der Waals surface area contributed by atoms with Crippen molar-refractivity contribution in [2.75, 3.05) is 19.0 Å². The SMILES string of the molecule is Cn1cc(C(=O)N2CCC(CCl)CC2)cn1. The number of amides is 1. The first-order valence-corrected chi connectivity index (χ1v) is 6.08. The molecule has 0 saturated carbocycles. The summed E-state index contributed by atoms with van der Waals surface area (Å²) in [4.78, 5) is 13.9. The third-order valence-electron chi connectivity index (χ3n) is 3.07. The van der Waals surface area contributed by atoms with Gasteiger partial charge in [0.2, 0.25) is 0 Å². The van der Waals surface area contributed by atoms with Crippen molar-refractivity contribution in [3.63, 3.8) is 0 Å². The fourth-order valence-corrected chi connectivity index (χ4v) is 2.31. The van der Waals surface area contributed by atoms with Crippen molar-refractivity contribution in [3.05, 3.63) is 18.0 Å². The van der Waals surface area contributed by atoms with Crippen LogP contribution in [0.3, 0.4) is 0 Å². The number of carbonyl (C=O) groups excluding carboxylic acids is 1. The summed E-state index contributed by atoms with van der Waals surface area (Å²) in [7, 11) is 1.82. The van der Waals surface area contributed by atoms with Crippen LogP contribution in [0.4, 0.5) is 0 Å². The number of carbonyl (C=O) groups is 1. The summed E-state index contributed by atoms with van der Waals surface area (Å²) >= 11 is 5.81. The molecule has 1 fully saturated rings. The highest BCUT2D eigenvalue weighted by molar-refractivity contribution is 6.18. The van der Waals surface area contributed by atoms with E-state index in [9.17, 15) is 4.79 Å². The monoisotopic (exact) mass is 241 g/mol. The maximum Gasteiger partial charge on any atom is 0.257 e. The Morgan fingerprint density at radius 1 is 1.56 bits per heavy atom. The van der Waals surface area contributed by atoms with Gasteiger partial charge in [0, 0.05) is 32.2 Å². The van der Waals surface area contributed by atoms with E-state index in [4.69, 9.17) is 11.6 Å². The van der Waals surface area contributed by atoms with Crippen molar-refractivity contribution < 1.29 is 4.79 Å². The summed E-state index contributed by atoms with van der Waals surface area (Å²) in [5.74, 6) is 1.36. The molecule has 0 atom stereocenters. The number of halogens is 1. The number of nitrogens with zero attached hydrogens (tertiary/aromatic N) is 3. The largest absolute Gasteiger partial charge is 0.339 e. The van der Waals surface area contributed by atoms with Crippen LogP contribution in [0, 0.1) is 5.92 Å². The fraction of sp³-hybridized carbons (Fsp3) is 0.636. The molecular formula is C11H16ClN3O. The molecule has 0 N–H and O–H groups in total. The molecule has 1 amide bonds. The summed E-state index contributed by atoms with van der Waals surface area (Å²) in [6, 6.07) is 0. The van der Waals surface area contributed by atoms with Crippen molar-refractivity contribution >= 4 is 17.5 Å². The van der Waals surface area contributed by atoms with Gasteiger partial charge in [-0.3, -0.25) is 9.48 Å². The van der Waals surface area contributed by atoms with Crippen LogP contribution in [0.15, 0.2) is 12.4 Å². The van der Waals surface area contributed by atoms with Gasteiger partial charge >= 0.3 is 0 Å². The van der Waals surface area contributed by atoms with E-state index in [1.807, 2.05) is 11.9 Å². The van der Waals surface area contributed by atoms with E-state index in [-0.39, 0.29) is 5.91 Å². The van der Waals surface area contributed by atoms with Crippen molar-refractivity contribution in [3.8, 4) is 0 Å². The van der Waals surface area contributed by atoms with Crippen LogP contribution in [0.5, 0.6) is 0 Å². The molecule has 0 aliphatic carbocycles. The second kappa shape index (κ2) is 4.87. The maximum absolute atomic E-state index is 12.0. The molecule has 1 aliphatic rings. The highest BCUT2D eigenvalue weighted by Crippen LogP contribution is 2.19. The van der Waals surface area contributed by atoms with Crippen molar-refractivity contribution in [2.24, 2.45) is 13.0 Å². The minimum absolute atomic E-state index is 0.0844. The molecule has 88 valence electrons. The predicted octanol–water partition coefficient (Wildman–Crippen LogP) is 1.51. The van der Waals surface area contributed by atoms with Crippen LogP contribution in [-0.4, -0.2) is 39.6 Å². The van der Waals surface area contributed by atoms with E-state index < -0.39 is 0 Å². The Hall–Kier alpha value is -1.03. The number of likely N-dealkylation sites (tertiary alicyclic amines) is 1. The average Bonchev–Trinajstić information content (AvgIpc) is 2.75. The molecule has 5 heteroatoms. The van der Waals surface area contributed by atoms with Gasteiger partial charge in [0.05, 0.1) is 11.8 Å². The Kier molecular flexibility index (Phi) is 3.49. The lowest BCUT2D eigenvalue weighted by atomic mass is 9.98. The van der Waals surface area contributed by atoms with Gasteiger partial charge in [-0.25, -0.2) is 0 Å². The normalized spacial score (nSPS) is 17.8. The Morgan fingerprint density at radius 2 is 2.25 bits per heavy atom. The number of hydrogen-bond donors (Lipinski definition) is 0. The highest BCUT2D eigenvalue weighted by Gasteiger charge is 2.23. The molecule has 0 radical (unpaired) electrons. The summed E-state index contributed by atoms with van der Waals surface area (Å²) in [6.45, 7) is 1.62. The van der Waals surface area contributed by atoms with E-state index >= 15 is 0 Å². The smallest absolute Gasteiger partial charge is 0.257 e. The second-order valence-electron chi connectivity index (χ2n) is 4.29. The lowest BCUT2D eigenvalue weighted by Crippen LogP contribution is -2.38. The topological polar surface area (TPSA) is 38.1 Å². The fourth-order valence-electron chi connectivity index (χ4n) is 2.00. The zero-order valence-corrected chi connectivity index (χ0v) is 10.2. The summed E-state index contributed by atoms with van der Waals surface area (Å²) in [5, 5.41) is 4.01. The first-order chi connectivity index (χ1) is 7.70. The van der Waals surface area contributed by atoms with Gasteiger partial charge in [0.15, 0.2) is 0 Å². The van der Waals surface area contributed by atoms with E-state index in [1.54, 1.807) is 17.1 Å². The van der Waals surface area contributed by atoms with Crippen LogP contribution in [0.2, 0.25) is 0 Å². The number of aryl methyl sites for hydroxylation is 1. The Balaban J connectivity index is 1.96. The minimum Gasteiger partial charge on any atom is -0.339 e. The number of hydrogen-bond acceptors (Lipinski definition) is 2. The molecule has 0 unspecified atom stereocenters. The van der Waals surface area contributed by atoms with Gasteiger partial charge in [-0.15, -0.1) is 11.6 Å². The minimum atomic E-state index is 0.0844. The molecule has 0 spiro atoms. The van der Waals surface area contributed by atoms with E-state index in [0.717, 1.165) is 25.9 Å². The van der Waals surface area contributed by atoms with E-state index in [0.29, 0.717) is 17.4 Å². The third kappa shape index (κ3) is 2.38. The molecule has 16 heavy (non-hydrogen) atoms. The molecule has 1 aromatic heterocycles. The lowest BCUT2D eigenvalue weighted by molar-refractivity contribution is 0.0698. The van der Waals surface area contributed by atoms with Crippen molar-refractivity contribution in [2.45, 2.75) is 12.8 Å². The summed E-state index contributed by atoms with van der Waals surface area (Å²) < 4.78 is 1.65. The molecule has 0 bridgehead atoms. The highest BCUT2D eigenvalue weighted by atomic mass is 35.5. The average molecular weight is 242 g/mol. The molecule has 4 nitrogen and oxygen atoms in total. The molecule has 1 aromatic rings. The van der Waals surface area contributed by atoms with Gasteiger partial charge < -0.3 is 4.90 Å². The third-order valence-corrected chi connectivity index (χ3v) is 3.51. The van der Waals surface area contributed by atoms with E-state index in [2.05, 4.69) is 5.10 Å². The maximum atomic E-state index is 12.0. The number of aromatic nitrogens is 2. The Labute approximate surface area is 100 Å². The molecular weight excluding hydrogens is 226 g/mol. The quantitative estimate of drug-likeness (QED) is 0.737. The zero-order chi connectivity index (χ0) is 11.5. The Morgan fingerprint density at radius 3 is 2.75 bits per heavy atom. The first-order valence-electron chi connectivity index (χ1n) is 5.54. The van der Waals surface area contributed by atoms with Crippen LogP contribution in [-0.2, 0) is 7.05 Å². The molecule has 2 rings (SSSR count). The first kappa shape index (κ1) is 11.5. The molecule has 1 aliphatic heterocycles. The standard InChI is InChI=1S/C11H16ClN3O/c1-14-8-10(7-13-14)11(16)15-4-2-9(6-12)3-5-15/h7-9H,2-6H2,1H3. The van der Waals surface area contributed by atoms with Gasteiger partial charge in [0.25, 0.3) is 5.91 Å². The van der Waals surface area contributed by atoms with Gasteiger partial charge in [-0.05, 0) is 18.8 Å². The van der Waals surface area contributed by atoms with Crippen LogP contribution in [0.1, 0.15) is 23.2 Å². The predicted molar refractivity (Wildman–Crippen MR) is 62.6 cm³/mol. The Bertz CT molecular complexity index is 369. The number of piperidine rings is 1.